The van der Waals surface area contributed by atoms with Gasteiger partial charge in [0.05, 0.1) is 18.2 Å². The van der Waals surface area contributed by atoms with E-state index in [-0.39, 0.29) is 24.4 Å². The van der Waals surface area contributed by atoms with E-state index in [1.165, 1.54) is 4.90 Å². The SMILES string of the molecule is CC1c2c(F)cc(C(F)(F)F)cc2CCN1C(=O)[C@H]1CNCCO1.O=C(O)C(F)(F)F. The number of rotatable bonds is 1. The van der Waals surface area contributed by atoms with Crippen LogP contribution in [0.1, 0.15) is 29.7 Å². The van der Waals surface area contributed by atoms with E-state index in [1.807, 2.05) is 0 Å². The Morgan fingerprint density at radius 3 is 2.29 bits per heavy atom. The Morgan fingerprint density at radius 2 is 1.81 bits per heavy atom. The van der Waals surface area contributed by atoms with E-state index in [1.54, 1.807) is 6.92 Å². The molecule has 0 aliphatic carbocycles. The Bertz CT molecular complexity index is 820. The number of ether oxygens (including phenoxy) is 1. The molecule has 1 amide bonds. The zero-order valence-electron chi connectivity index (χ0n) is 16.1. The molecule has 6 nitrogen and oxygen atoms in total. The van der Waals surface area contributed by atoms with E-state index in [0.717, 1.165) is 6.07 Å². The maximum absolute atomic E-state index is 14.3. The molecular formula is C18H19F7N2O4. The highest BCUT2D eigenvalue weighted by atomic mass is 19.4. The molecule has 3 rings (SSSR count). The summed E-state index contributed by atoms with van der Waals surface area (Å²) in [5, 5.41) is 10.2. The van der Waals surface area contributed by atoms with Gasteiger partial charge in [0.1, 0.15) is 11.9 Å². The molecule has 1 fully saturated rings. The van der Waals surface area contributed by atoms with Crippen LogP contribution >= 0.6 is 0 Å². The number of hydrogen-bond donors (Lipinski definition) is 2. The molecule has 31 heavy (non-hydrogen) atoms. The molecule has 0 aromatic heterocycles. The van der Waals surface area contributed by atoms with Gasteiger partial charge in [0.2, 0.25) is 0 Å². The largest absolute Gasteiger partial charge is 0.490 e. The first kappa shape index (κ1) is 24.9. The van der Waals surface area contributed by atoms with E-state index in [9.17, 15) is 35.5 Å². The van der Waals surface area contributed by atoms with Crippen LogP contribution in [0.3, 0.4) is 0 Å². The lowest BCUT2D eigenvalue weighted by Gasteiger charge is -2.38. The molecule has 2 aliphatic heterocycles. The lowest BCUT2D eigenvalue weighted by Crippen LogP contribution is -2.51. The van der Waals surface area contributed by atoms with Crippen molar-refractivity contribution in [2.75, 3.05) is 26.2 Å². The number of hydrogen-bond acceptors (Lipinski definition) is 4. The first-order valence-corrected chi connectivity index (χ1v) is 9.06. The number of benzene rings is 1. The number of carboxylic acids is 1. The second-order valence-corrected chi connectivity index (χ2v) is 6.85. The van der Waals surface area contributed by atoms with Crippen molar-refractivity contribution in [3.05, 3.63) is 34.6 Å². The number of fused-ring (bicyclic) bond motifs is 1. The van der Waals surface area contributed by atoms with E-state index in [4.69, 9.17) is 14.6 Å². The Balaban J connectivity index is 0.000000423. The fourth-order valence-corrected chi connectivity index (χ4v) is 3.31. The van der Waals surface area contributed by atoms with Gasteiger partial charge >= 0.3 is 18.3 Å². The monoisotopic (exact) mass is 460 g/mol. The average molecular weight is 460 g/mol. The van der Waals surface area contributed by atoms with Crippen molar-refractivity contribution in [3.8, 4) is 0 Å². The predicted molar refractivity (Wildman–Crippen MR) is 91.5 cm³/mol. The Kier molecular flexibility index (Phi) is 7.53. The summed E-state index contributed by atoms with van der Waals surface area (Å²) >= 11 is 0. The predicted octanol–water partition coefficient (Wildman–Crippen LogP) is 2.91. The van der Waals surface area contributed by atoms with Crippen molar-refractivity contribution in [1.82, 2.24) is 10.2 Å². The summed E-state index contributed by atoms with van der Waals surface area (Å²) in [5.41, 5.74) is -0.529. The van der Waals surface area contributed by atoms with Gasteiger partial charge in [-0.3, -0.25) is 4.79 Å². The van der Waals surface area contributed by atoms with Gasteiger partial charge in [0, 0.05) is 25.2 Å². The van der Waals surface area contributed by atoms with Crippen LogP contribution in [-0.2, 0) is 26.9 Å². The summed E-state index contributed by atoms with van der Waals surface area (Å²) in [6, 6.07) is 0.853. The van der Waals surface area contributed by atoms with Crippen molar-refractivity contribution in [2.24, 2.45) is 0 Å². The molecule has 174 valence electrons. The summed E-state index contributed by atoms with van der Waals surface area (Å²) in [6.45, 7) is 3.33. The Labute approximate surface area is 172 Å². The summed E-state index contributed by atoms with van der Waals surface area (Å²) in [7, 11) is 0. The van der Waals surface area contributed by atoms with Crippen molar-refractivity contribution in [1.29, 1.82) is 0 Å². The number of aliphatic carboxylic acids is 1. The van der Waals surface area contributed by atoms with Crippen LogP contribution in [0.25, 0.3) is 0 Å². The zero-order chi connectivity index (χ0) is 23.6. The van der Waals surface area contributed by atoms with E-state index in [2.05, 4.69) is 5.32 Å². The van der Waals surface area contributed by atoms with Crippen LogP contribution < -0.4 is 5.32 Å². The van der Waals surface area contributed by atoms with E-state index < -0.39 is 41.8 Å². The minimum absolute atomic E-state index is 0.159. The molecule has 1 saturated heterocycles. The average Bonchev–Trinajstić information content (AvgIpc) is 2.67. The van der Waals surface area contributed by atoms with Gasteiger partial charge in [-0.25, -0.2) is 9.18 Å². The van der Waals surface area contributed by atoms with Gasteiger partial charge in [-0.1, -0.05) is 0 Å². The summed E-state index contributed by atoms with van der Waals surface area (Å²) < 4.78 is 90.0. The van der Waals surface area contributed by atoms with Gasteiger partial charge in [0.15, 0.2) is 0 Å². The standard InChI is InChI=1S/C16H18F4N2O2.C2HF3O2/c1-9-14-10(6-11(7-12(14)17)16(18,19)20)2-4-22(9)15(23)13-8-21-3-5-24-13;3-2(4,5)1(6)7/h6-7,9,13,21H,2-5,8H2,1H3;(H,6,7)/t9?,13-;/m1./s1. The number of carbonyl (C=O) groups is 2. The molecule has 1 aromatic carbocycles. The highest BCUT2D eigenvalue weighted by Crippen LogP contribution is 2.37. The van der Waals surface area contributed by atoms with Gasteiger partial charge in [-0.05, 0) is 31.0 Å². The first-order chi connectivity index (χ1) is 14.2. The van der Waals surface area contributed by atoms with Gasteiger partial charge < -0.3 is 20.1 Å². The number of halogens is 7. The van der Waals surface area contributed by atoms with Gasteiger partial charge in [-0.2, -0.15) is 26.3 Å². The number of amides is 1. The quantitative estimate of drug-likeness (QED) is 0.631. The Hall–Kier alpha value is -2.41. The summed E-state index contributed by atoms with van der Waals surface area (Å²) in [4.78, 5) is 22.9. The van der Waals surface area contributed by atoms with Crippen LogP contribution in [0.2, 0.25) is 0 Å². The number of carboxylic acid groups (broad SMARTS) is 1. The minimum atomic E-state index is -5.08. The van der Waals surface area contributed by atoms with Crippen LogP contribution in [0.5, 0.6) is 0 Å². The minimum Gasteiger partial charge on any atom is -0.475 e. The molecular weight excluding hydrogens is 441 g/mol. The molecule has 1 aromatic rings. The highest BCUT2D eigenvalue weighted by Gasteiger charge is 2.39. The highest BCUT2D eigenvalue weighted by molar-refractivity contribution is 5.82. The second-order valence-electron chi connectivity index (χ2n) is 6.85. The molecule has 2 N–H and O–H groups in total. The third-order valence-corrected chi connectivity index (χ3v) is 4.78. The maximum atomic E-state index is 14.3. The number of carbonyl (C=O) groups excluding carboxylic acids is 1. The van der Waals surface area contributed by atoms with Crippen LogP contribution in [0.4, 0.5) is 30.7 Å². The molecule has 13 heteroatoms. The third kappa shape index (κ3) is 6.06. The normalized spacial score (nSPS) is 21.6. The topological polar surface area (TPSA) is 78.9 Å². The van der Waals surface area contributed by atoms with E-state index >= 15 is 0 Å². The van der Waals surface area contributed by atoms with Gasteiger partial charge in [0.25, 0.3) is 5.91 Å². The maximum Gasteiger partial charge on any atom is 0.490 e. The number of nitrogens with one attached hydrogen (secondary N) is 1. The van der Waals surface area contributed by atoms with Crippen molar-refractivity contribution < 1.29 is 50.2 Å². The molecule has 0 saturated carbocycles. The third-order valence-electron chi connectivity index (χ3n) is 4.78. The summed E-state index contributed by atoms with van der Waals surface area (Å²) in [5.74, 6) is -3.94. The molecule has 0 bridgehead atoms. The fourth-order valence-electron chi connectivity index (χ4n) is 3.31. The number of alkyl halides is 6. The first-order valence-electron chi connectivity index (χ1n) is 9.06. The lowest BCUT2D eigenvalue weighted by molar-refractivity contribution is -0.192. The molecule has 2 atom stereocenters. The van der Waals surface area contributed by atoms with Crippen molar-refractivity contribution in [2.45, 2.75) is 37.8 Å². The second kappa shape index (κ2) is 9.39. The molecule has 0 radical (unpaired) electrons. The molecule has 1 unspecified atom stereocenters. The van der Waals surface area contributed by atoms with Crippen molar-refractivity contribution >= 4 is 11.9 Å². The number of nitrogens with zero attached hydrogens (tertiary/aromatic N) is 1. The molecule has 2 aliphatic rings. The van der Waals surface area contributed by atoms with Crippen molar-refractivity contribution in [3.63, 3.8) is 0 Å². The fraction of sp³-hybridized carbons (Fsp3) is 0.556. The Morgan fingerprint density at radius 1 is 1.19 bits per heavy atom. The molecule has 2 heterocycles. The number of morpholine rings is 1. The smallest absolute Gasteiger partial charge is 0.475 e. The van der Waals surface area contributed by atoms with Crippen LogP contribution in [0, 0.1) is 5.82 Å². The molecule has 0 spiro atoms. The summed E-state index contributed by atoms with van der Waals surface area (Å²) in [6.07, 6.45) is -10.1. The zero-order valence-corrected chi connectivity index (χ0v) is 16.1. The lowest BCUT2D eigenvalue weighted by atomic mass is 9.90. The van der Waals surface area contributed by atoms with E-state index in [0.29, 0.717) is 31.3 Å². The van der Waals surface area contributed by atoms with Crippen LogP contribution in [-0.4, -0.2) is 60.4 Å². The van der Waals surface area contributed by atoms with Crippen LogP contribution in [0.15, 0.2) is 12.1 Å². The van der Waals surface area contributed by atoms with Gasteiger partial charge in [-0.15, -0.1) is 0 Å².